The summed E-state index contributed by atoms with van der Waals surface area (Å²) in [5, 5.41) is 8.03. The fourth-order valence-electron chi connectivity index (χ4n) is 0.638. The SMILES string of the molecule is O=C(O)c1cc(F)c(=O)[nH]c1Cl. The number of carboxylic acid groups (broad SMARTS) is 1. The number of carboxylic acids is 1. The smallest absolute Gasteiger partial charge is 0.338 e. The fraction of sp³-hybridized carbons (Fsp3) is 0. The fourth-order valence-corrected chi connectivity index (χ4v) is 0.859. The zero-order valence-corrected chi connectivity index (χ0v) is 6.35. The number of carbonyl (C=O) groups is 1. The maximum absolute atomic E-state index is 12.5. The Balaban J connectivity index is 3.43. The summed E-state index contributed by atoms with van der Waals surface area (Å²) in [7, 11) is 0. The van der Waals surface area contributed by atoms with Gasteiger partial charge in [0.15, 0.2) is 5.82 Å². The number of hydrogen-bond donors (Lipinski definition) is 2. The van der Waals surface area contributed by atoms with E-state index in [1.807, 2.05) is 4.98 Å². The van der Waals surface area contributed by atoms with Gasteiger partial charge in [0.1, 0.15) is 5.15 Å². The van der Waals surface area contributed by atoms with Crippen LogP contribution in [-0.4, -0.2) is 16.1 Å². The van der Waals surface area contributed by atoms with Gasteiger partial charge in [-0.3, -0.25) is 4.79 Å². The van der Waals surface area contributed by atoms with Crippen molar-refractivity contribution in [2.45, 2.75) is 0 Å². The third kappa shape index (κ3) is 1.45. The molecule has 0 saturated carbocycles. The molecule has 0 aliphatic rings. The first-order chi connectivity index (χ1) is 5.52. The van der Waals surface area contributed by atoms with Crippen LogP contribution in [0.2, 0.25) is 5.15 Å². The predicted octanol–water partition coefficient (Wildman–Crippen LogP) is 0.866. The van der Waals surface area contributed by atoms with Crippen molar-refractivity contribution in [2.24, 2.45) is 0 Å². The van der Waals surface area contributed by atoms with Crippen molar-refractivity contribution >= 4 is 17.6 Å². The minimum Gasteiger partial charge on any atom is -0.478 e. The van der Waals surface area contributed by atoms with Crippen molar-refractivity contribution in [3.8, 4) is 0 Å². The number of rotatable bonds is 1. The summed E-state index contributed by atoms with van der Waals surface area (Å²) >= 11 is 5.29. The number of halogens is 2. The van der Waals surface area contributed by atoms with Gasteiger partial charge in [0.05, 0.1) is 5.56 Å². The first-order valence-electron chi connectivity index (χ1n) is 2.84. The highest BCUT2D eigenvalue weighted by molar-refractivity contribution is 6.32. The van der Waals surface area contributed by atoms with Gasteiger partial charge in [-0.1, -0.05) is 11.6 Å². The molecular formula is C6H3ClFNO3. The Morgan fingerprint density at radius 2 is 2.25 bits per heavy atom. The molecule has 0 aliphatic heterocycles. The molecule has 0 spiro atoms. The standard InChI is InChI=1S/C6H3ClFNO3/c7-4-2(6(11)12)1-3(8)5(10)9-4/h1H,(H,9,10)(H,11,12). The summed E-state index contributed by atoms with van der Waals surface area (Å²) in [5.41, 5.74) is -1.50. The quantitative estimate of drug-likeness (QED) is 0.647. The summed E-state index contributed by atoms with van der Waals surface area (Å²) in [6.07, 6.45) is 0. The van der Waals surface area contributed by atoms with Gasteiger partial charge in [-0.15, -0.1) is 0 Å². The van der Waals surface area contributed by atoms with Gasteiger partial charge < -0.3 is 10.1 Å². The van der Waals surface area contributed by atoms with Crippen LogP contribution >= 0.6 is 11.6 Å². The minimum atomic E-state index is -1.39. The Kier molecular flexibility index (Phi) is 2.14. The zero-order valence-electron chi connectivity index (χ0n) is 5.60. The summed E-state index contributed by atoms with van der Waals surface area (Å²) in [5.74, 6) is -2.56. The van der Waals surface area contributed by atoms with Gasteiger partial charge in [0.25, 0.3) is 5.56 Å². The first-order valence-corrected chi connectivity index (χ1v) is 3.22. The molecule has 0 bridgehead atoms. The highest BCUT2D eigenvalue weighted by Crippen LogP contribution is 2.10. The topological polar surface area (TPSA) is 70.2 Å². The highest BCUT2D eigenvalue weighted by Gasteiger charge is 2.12. The number of aromatic amines is 1. The van der Waals surface area contributed by atoms with Crippen LogP contribution in [0.25, 0.3) is 0 Å². The molecule has 4 nitrogen and oxygen atoms in total. The minimum absolute atomic E-state index is 0.381. The molecule has 6 heteroatoms. The van der Waals surface area contributed by atoms with Gasteiger partial charge in [-0.25, -0.2) is 9.18 Å². The average Bonchev–Trinajstić information content (AvgIpc) is 1.96. The summed E-state index contributed by atoms with van der Waals surface area (Å²) in [6.45, 7) is 0. The van der Waals surface area contributed by atoms with Crippen LogP contribution in [0, 0.1) is 5.82 Å². The van der Waals surface area contributed by atoms with E-state index >= 15 is 0 Å². The van der Waals surface area contributed by atoms with E-state index in [9.17, 15) is 14.0 Å². The molecule has 0 saturated heterocycles. The van der Waals surface area contributed by atoms with Crippen LogP contribution in [0.5, 0.6) is 0 Å². The first kappa shape index (κ1) is 8.73. The van der Waals surface area contributed by atoms with E-state index in [2.05, 4.69) is 0 Å². The van der Waals surface area contributed by atoms with Crippen LogP contribution in [0.4, 0.5) is 4.39 Å². The van der Waals surface area contributed by atoms with Crippen molar-refractivity contribution < 1.29 is 14.3 Å². The second-order valence-corrected chi connectivity index (χ2v) is 2.36. The van der Waals surface area contributed by atoms with Crippen molar-refractivity contribution in [3.05, 3.63) is 33.0 Å². The average molecular weight is 192 g/mol. The summed E-state index contributed by atoms with van der Waals surface area (Å²) in [6, 6.07) is 0.573. The number of nitrogens with one attached hydrogen (secondary N) is 1. The monoisotopic (exact) mass is 191 g/mol. The number of aromatic nitrogens is 1. The summed E-state index contributed by atoms with van der Waals surface area (Å²) < 4.78 is 12.5. The highest BCUT2D eigenvalue weighted by atomic mass is 35.5. The lowest BCUT2D eigenvalue weighted by Gasteiger charge is -1.96. The molecule has 0 amide bonds. The van der Waals surface area contributed by atoms with E-state index in [1.54, 1.807) is 0 Å². The molecule has 64 valence electrons. The number of hydrogen-bond acceptors (Lipinski definition) is 2. The Morgan fingerprint density at radius 3 is 2.75 bits per heavy atom. The van der Waals surface area contributed by atoms with Crippen LogP contribution in [0.15, 0.2) is 10.9 Å². The second kappa shape index (κ2) is 2.94. The molecule has 1 aromatic rings. The van der Waals surface area contributed by atoms with E-state index in [-0.39, 0.29) is 5.15 Å². The molecule has 1 rings (SSSR count). The van der Waals surface area contributed by atoms with Gasteiger partial charge in [0, 0.05) is 0 Å². The molecular weight excluding hydrogens is 189 g/mol. The van der Waals surface area contributed by atoms with Crippen LogP contribution in [0.1, 0.15) is 10.4 Å². The van der Waals surface area contributed by atoms with E-state index in [4.69, 9.17) is 16.7 Å². The van der Waals surface area contributed by atoms with E-state index < -0.39 is 22.9 Å². The lowest BCUT2D eigenvalue weighted by molar-refractivity contribution is 0.0696. The molecule has 0 unspecified atom stereocenters. The molecule has 1 aromatic heterocycles. The van der Waals surface area contributed by atoms with Gasteiger partial charge in [-0.2, -0.15) is 0 Å². The van der Waals surface area contributed by atoms with Crippen LogP contribution in [-0.2, 0) is 0 Å². The Bertz CT molecular complexity index is 387. The third-order valence-corrected chi connectivity index (χ3v) is 1.48. The Labute approximate surface area is 70.6 Å². The van der Waals surface area contributed by atoms with Crippen molar-refractivity contribution in [1.29, 1.82) is 0 Å². The molecule has 2 N–H and O–H groups in total. The van der Waals surface area contributed by atoms with Crippen molar-refractivity contribution in [1.82, 2.24) is 4.98 Å². The molecule has 12 heavy (non-hydrogen) atoms. The summed E-state index contributed by atoms with van der Waals surface area (Å²) in [4.78, 5) is 22.7. The molecule has 1 heterocycles. The molecule has 0 radical (unpaired) electrons. The number of pyridine rings is 1. The van der Waals surface area contributed by atoms with Crippen LogP contribution < -0.4 is 5.56 Å². The lowest BCUT2D eigenvalue weighted by Crippen LogP contribution is -2.14. The number of aromatic carboxylic acids is 1. The van der Waals surface area contributed by atoms with Crippen LogP contribution in [0.3, 0.4) is 0 Å². The van der Waals surface area contributed by atoms with E-state index in [0.717, 1.165) is 0 Å². The van der Waals surface area contributed by atoms with Crippen molar-refractivity contribution in [3.63, 3.8) is 0 Å². The normalized spacial score (nSPS) is 9.83. The molecule has 0 atom stereocenters. The van der Waals surface area contributed by atoms with E-state index in [0.29, 0.717) is 6.07 Å². The predicted molar refractivity (Wildman–Crippen MR) is 39.0 cm³/mol. The molecule has 0 fully saturated rings. The largest absolute Gasteiger partial charge is 0.478 e. The number of H-pyrrole nitrogens is 1. The molecule has 0 aromatic carbocycles. The van der Waals surface area contributed by atoms with Gasteiger partial charge >= 0.3 is 5.97 Å². The van der Waals surface area contributed by atoms with Gasteiger partial charge in [0.2, 0.25) is 0 Å². The van der Waals surface area contributed by atoms with Crippen molar-refractivity contribution in [2.75, 3.05) is 0 Å². The van der Waals surface area contributed by atoms with Gasteiger partial charge in [-0.05, 0) is 6.07 Å². The second-order valence-electron chi connectivity index (χ2n) is 1.98. The maximum Gasteiger partial charge on any atom is 0.338 e. The molecule has 0 aliphatic carbocycles. The Morgan fingerprint density at radius 1 is 1.67 bits per heavy atom. The zero-order chi connectivity index (χ0) is 9.30. The lowest BCUT2D eigenvalue weighted by atomic mass is 10.3. The Hall–Kier alpha value is -1.36. The maximum atomic E-state index is 12.5. The third-order valence-electron chi connectivity index (χ3n) is 1.18. The van der Waals surface area contributed by atoms with E-state index in [1.165, 1.54) is 0 Å².